The molecule has 0 spiro atoms. The number of nitrogens with one attached hydrogen (secondary N) is 1. The van der Waals surface area contributed by atoms with Gasteiger partial charge in [0.15, 0.2) is 0 Å². The van der Waals surface area contributed by atoms with Crippen LogP contribution in [-0.2, 0) is 6.42 Å². The fraction of sp³-hybridized carbons (Fsp3) is 0.200. The van der Waals surface area contributed by atoms with E-state index in [-0.39, 0.29) is 0 Å². The number of fused-ring (bicyclic) bond motifs is 1. The highest BCUT2D eigenvalue weighted by Crippen LogP contribution is 2.33. The Bertz CT molecular complexity index is 873. The maximum Gasteiger partial charge on any atom is 0.229 e. The zero-order chi connectivity index (χ0) is 17.2. The molecule has 0 saturated carbocycles. The molecule has 0 fully saturated rings. The van der Waals surface area contributed by atoms with E-state index in [9.17, 15) is 0 Å². The normalized spacial score (nSPS) is 12.8. The predicted molar refractivity (Wildman–Crippen MR) is 103 cm³/mol. The smallest absolute Gasteiger partial charge is 0.229 e. The number of aromatic nitrogens is 2. The maximum atomic E-state index is 4.70. The Morgan fingerprint density at radius 2 is 1.80 bits per heavy atom. The van der Waals surface area contributed by atoms with Crippen LogP contribution in [0, 0.1) is 0 Å². The zero-order valence-electron chi connectivity index (χ0n) is 14.5. The summed E-state index contributed by atoms with van der Waals surface area (Å²) >= 11 is 0. The summed E-state index contributed by atoms with van der Waals surface area (Å²) in [5, 5.41) is 3.29. The second-order valence-corrected chi connectivity index (χ2v) is 6.34. The number of hydrogen-bond acceptors (Lipinski definition) is 5. The molecule has 3 aromatic rings. The molecule has 0 unspecified atom stereocenters. The van der Waals surface area contributed by atoms with E-state index in [2.05, 4.69) is 56.5 Å². The van der Waals surface area contributed by atoms with Crippen molar-refractivity contribution < 1.29 is 0 Å². The molecule has 0 amide bonds. The molecular weight excluding hydrogens is 310 g/mol. The Morgan fingerprint density at radius 3 is 2.60 bits per heavy atom. The standard InChI is InChI=1S/C20H21N5/c1-24(2)17-9-7-16(8-10-17)22-20-21-13-11-19(23-20)25-14-12-15-5-3-4-6-18(15)25/h3-11,13H,12,14H2,1-2H3,(H,21,22,23). The lowest BCUT2D eigenvalue weighted by Gasteiger charge is -2.19. The summed E-state index contributed by atoms with van der Waals surface area (Å²) in [5.74, 6) is 1.53. The summed E-state index contributed by atoms with van der Waals surface area (Å²) in [7, 11) is 4.06. The third-order valence-electron chi connectivity index (χ3n) is 4.44. The highest BCUT2D eigenvalue weighted by Gasteiger charge is 2.20. The number of nitrogens with zero attached hydrogens (tertiary/aromatic N) is 4. The van der Waals surface area contributed by atoms with E-state index in [4.69, 9.17) is 4.98 Å². The van der Waals surface area contributed by atoms with E-state index in [1.54, 1.807) is 6.20 Å². The van der Waals surface area contributed by atoms with Gasteiger partial charge in [0, 0.05) is 43.9 Å². The minimum absolute atomic E-state index is 0.611. The van der Waals surface area contributed by atoms with Gasteiger partial charge >= 0.3 is 0 Å². The van der Waals surface area contributed by atoms with Crippen LogP contribution in [0.1, 0.15) is 5.56 Å². The fourth-order valence-electron chi connectivity index (χ4n) is 3.11. The van der Waals surface area contributed by atoms with Crippen molar-refractivity contribution in [3.05, 3.63) is 66.4 Å². The summed E-state index contributed by atoms with van der Waals surface area (Å²) in [6.45, 7) is 0.952. The lowest BCUT2D eigenvalue weighted by molar-refractivity contribution is 0.966. The van der Waals surface area contributed by atoms with E-state index in [0.29, 0.717) is 5.95 Å². The van der Waals surface area contributed by atoms with Crippen LogP contribution in [0.4, 0.5) is 28.8 Å². The molecule has 126 valence electrons. The molecule has 1 aromatic heterocycles. The van der Waals surface area contributed by atoms with Crippen LogP contribution >= 0.6 is 0 Å². The average molecular weight is 331 g/mol. The second kappa shape index (κ2) is 6.43. The molecule has 0 saturated heterocycles. The molecule has 1 aliphatic heterocycles. The monoisotopic (exact) mass is 331 g/mol. The highest BCUT2D eigenvalue weighted by molar-refractivity contribution is 5.68. The van der Waals surface area contributed by atoms with Gasteiger partial charge < -0.3 is 15.1 Å². The molecular formula is C20H21N5. The van der Waals surface area contributed by atoms with Gasteiger partial charge in [-0.05, 0) is 48.4 Å². The fourth-order valence-corrected chi connectivity index (χ4v) is 3.11. The van der Waals surface area contributed by atoms with E-state index in [1.165, 1.54) is 11.3 Å². The van der Waals surface area contributed by atoms with Crippen LogP contribution in [0.2, 0.25) is 0 Å². The Kier molecular flexibility index (Phi) is 3.98. The Hall–Kier alpha value is -3.08. The van der Waals surface area contributed by atoms with Gasteiger partial charge in [0.2, 0.25) is 5.95 Å². The van der Waals surface area contributed by atoms with Gasteiger partial charge in [-0.25, -0.2) is 4.98 Å². The van der Waals surface area contributed by atoms with Crippen molar-refractivity contribution in [2.75, 3.05) is 35.8 Å². The molecule has 2 heterocycles. The van der Waals surface area contributed by atoms with Crippen molar-refractivity contribution in [3.63, 3.8) is 0 Å². The van der Waals surface area contributed by atoms with Crippen LogP contribution in [0.15, 0.2) is 60.8 Å². The third-order valence-corrected chi connectivity index (χ3v) is 4.44. The third kappa shape index (κ3) is 3.13. The molecule has 0 atom stereocenters. The first-order valence-corrected chi connectivity index (χ1v) is 8.43. The van der Waals surface area contributed by atoms with Gasteiger partial charge in [-0.15, -0.1) is 0 Å². The molecule has 0 radical (unpaired) electrons. The molecule has 1 N–H and O–H groups in total. The van der Waals surface area contributed by atoms with Crippen LogP contribution in [-0.4, -0.2) is 30.6 Å². The Labute approximate surface area is 148 Å². The van der Waals surface area contributed by atoms with Crippen molar-refractivity contribution in [1.82, 2.24) is 9.97 Å². The number of para-hydroxylation sites is 1. The first kappa shape index (κ1) is 15.4. The van der Waals surface area contributed by atoms with Gasteiger partial charge in [-0.1, -0.05) is 18.2 Å². The van der Waals surface area contributed by atoms with Crippen molar-refractivity contribution >= 4 is 28.8 Å². The maximum absolute atomic E-state index is 4.70. The SMILES string of the molecule is CN(C)c1ccc(Nc2nccc(N3CCc4ccccc43)n2)cc1. The largest absolute Gasteiger partial charge is 0.378 e. The van der Waals surface area contributed by atoms with Crippen LogP contribution in [0.25, 0.3) is 0 Å². The molecule has 25 heavy (non-hydrogen) atoms. The average Bonchev–Trinajstić information content (AvgIpc) is 3.06. The zero-order valence-corrected chi connectivity index (χ0v) is 14.5. The van der Waals surface area contributed by atoms with Crippen LogP contribution < -0.4 is 15.1 Å². The van der Waals surface area contributed by atoms with Crippen molar-refractivity contribution in [1.29, 1.82) is 0 Å². The van der Waals surface area contributed by atoms with Crippen molar-refractivity contribution in [2.45, 2.75) is 6.42 Å². The van der Waals surface area contributed by atoms with Crippen LogP contribution in [0.3, 0.4) is 0 Å². The number of rotatable bonds is 4. The second-order valence-electron chi connectivity index (χ2n) is 6.34. The van der Waals surface area contributed by atoms with E-state index in [1.807, 2.05) is 32.3 Å². The lowest BCUT2D eigenvalue weighted by atomic mass is 10.2. The van der Waals surface area contributed by atoms with Crippen molar-refractivity contribution in [3.8, 4) is 0 Å². The molecule has 0 aliphatic carbocycles. The number of benzene rings is 2. The molecule has 2 aromatic carbocycles. The Morgan fingerprint density at radius 1 is 1.00 bits per heavy atom. The topological polar surface area (TPSA) is 44.3 Å². The molecule has 4 rings (SSSR count). The van der Waals surface area contributed by atoms with Gasteiger partial charge in [0.05, 0.1) is 0 Å². The molecule has 0 bridgehead atoms. The number of anilines is 5. The molecule has 1 aliphatic rings. The Balaban J connectivity index is 1.56. The van der Waals surface area contributed by atoms with E-state index < -0.39 is 0 Å². The minimum Gasteiger partial charge on any atom is -0.378 e. The highest BCUT2D eigenvalue weighted by atomic mass is 15.2. The summed E-state index contributed by atoms with van der Waals surface area (Å²) in [6.07, 6.45) is 2.86. The summed E-state index contributed by atoms with van der Waals surface area (Å²) in [4.78, 5) is 13.4. The van der Waals surface area contributed by atoms with Gasteiger partial charge in [-0.3, -0.25) is 0 Å². The first-order chi connectivity index (χ1) is 12.2. The van der Waals surface area contributed by atoms with Gasteiger partial charge in [0.25, 0.3) is 0 Å². The van der Waals surface area contributed by atoms with E-state index in [0.717, 1.165) is 30.2 Å². The number of hydrogen-bond donors (Lipinski definition) is 1. The van der Waals surface area contributed by atoms with Crippen molar-refractivity contribution in [2.24, 2.45) is 0 Å². The van der Waals surface area contributed by atoms with Crippen LogP contribution in [0.5, 0.6) is 0 Å². The molecule has 5 nitrogen and oxygen atoms in total. The summed E-state index contributed by atoms with van der Waals surface area (Å²) < 4.78 is 0. The predicted octanol–water partition coefficient (Wildman–Crippen LogP) is 3.98. The van der Waals surface area contributed by atoms with Gasteiger partial charge in [-0.2, -0.15) is 4.98 Å². The summed E-state index contributed by atoms with van der Waals surface area (Å²) in [5.41, 5.74) is 4.75. The van der Waals surface area contributed by atoms with E-state index >= 15 is 0 Å². The minimum atomic E-state index is 0.611. The quantitative estimate of drug-likeness (QED) is 0.783. The lowest BCUT2D eigenvalue weighted by Crippen LogP contribution is -2.15. The molecule has 5 heteroatoms. The summed E-state index contributed by atoms with van der Waals surface area (Å²) in [6, 6.07) is 18.7. The van der Waals surface area contributed by atoms with Gasteiger partial charge in [0.1, 0.15) is 5.82 Å². The first-order valence-electron chi connectivity index (χ1n) is 8.43.